The molecule has 1 amide bonds. The van der Waals surface area contributed by atoms with Gasteiger partial charge in [-0.1, -0.05) is 37.3 Å². The van der Waals surface area contributed by atoms with Gasteiger partial charge >= 0.3 is 0 Å². The van der Waals surface area contributed by atoms with E-state index in [2.05, 4.69) is 34.4 Å². The fourth-order valence-corrected chi connectivity index (χ4v) is 2.88. The van der Waals surface area contributed by atoms with Crippen LogP contribution in [0.15, 0.2) is 30.3 Å². The summed E-state index contributed by atoms with van der Waals surface area (Å²) in [6.07, 6.45) is 2.02. The van der Waals surface area contributed by atoms with E-state index >= 15 is 0 Å². The fraction of sp³-hybridized carbons (Fsp3) is 0.526. The average Bonchev–Trinajstić information content (AvgIpc) is 3.01. The number of hydrogen-bond donors (Lipinski definition) is 1. The summed E-state index contributed by atoms with van der Waals surface area (Å²) in [5.74, 6) is -0.157. The van der Waals surface area contributed by atoms with E-state index in [1.54, 1.807) is 4.68 Å². The van der Waals surface area contributed by atoms with Crippen molar-refractivity contribution in [2.75, 3.05) is 19.6 Å². The van der Waals surface area contributed by atoms with Crippen molar-refractivity contribution in [3.8, 4) is 5.69 Å². The van der Waals surface area contributed by atoms with Crippen molar-refractivity contribution in [3.63, 3.8) is 0 Å². The van der Waals surface area contributed by atoms with Crippen LogP contribution in [0.3, 0.4) is 0 Å². The van der Waals surface area contributed by atoms with Gasteiger partial charge in [0.15, 0.2) is 5.69 Å². The zero-order chi connectivity index (χ0) is 18.2. The number of nitrogens with zero attached hydrogens (tertiary/aromatic N) is 4. The summed E-state index contributed by atoms with van der Waals surface area (Å²) in [5, 5.41) is 11.2. The van der Waals surface area contributed by atoms with Crippen LogP contribution in [0.5, 0.6) is 0 Å². The zero-order valence-electron chi connectivity index (χ0n) is 15.7. The Kier molecular flexibility index (Phi) is 7.13. The molecule has 1 atom stereocenters. The first-order chi connectivity index (χ1) is 12.1. The van der Waals surface area contributed by atoms with E-state index < -0.39 is 0 Å². The van der Waals surface area contributed by atoms with Crippen LogP contribution in [-0.4, -0.2) is 51.5 Å². The van der Waals surface area contributed by atoms with Crippen molar-refractivity contribution in [1.82, 2.24) is 25.2 Å². The van der Waals surface area contributed by atoms with Crippen LogP contribution in [-0.2, 0) is 0 Å². The first-order valence-corrected chi connectivity index (χ1v) is 9.07. The van der Waals surface area contributed by atoms with E-state index in [9.17, 15) is 4.79 Å². The van der Waals surface area contributed by atoms with Crippen molar-refractivity contribution < 1.29 is 4.79 Å². The number of carbonyl (C=O) groups excluding carboxylic acids is 1. The highest BCUT2D eigenvalue weighted by atomic mass is 16.2. The maximum absolute atomic E-state index is 12.5. The van der Waals surface area contributed by atoms with Crippen LogP contribution < -0.4 is 5.32 Å². The second-order valence-electron chi connectivity index (χ2n) is 6.31. The molecule has 2 aromatic rings. The summed E-state index contributed by atoms with van der Waals surface area (Å²) >= 11 is 0. The third kappa shape index (κ3) is 5.13. The van der Waals surface area contributed by atoms with E-state index in [0.29, 0.717) is 5.69 Å². The third-order valence-electron chi connectivity index (χ3n) is 4.49. The Morgan fingerprint density at radius 2 is 1.92 bits per heavy atom. The number of carbonyl (C=O) groups is 1. The smallest absolute Gasteiger partial charge is 0.273 e. The number of hydrogen-bond acceptors (Lipinski definition) is 4. The molecule has 25 heavy (non-hydrogen) atoms. The number of aromatic nitrogens is 3. The van der Waals surface area contributed by atoms with E-state index in [0.717, 1.165) is 43.9 Å². The molecule has 0 aliphatic heterocycles. The Labute approximate surface area is 150 Å². The van der Waals surface area contributed by atoms with Gasteiger partial charge < -0.3 is 10.2 Å². The monoisotopic (exact) mass is 343 g/mol. The molecule has 6 heteroatoms. The summed E-state index contributed by atoms with van der Waals surface area (Å²) in [6.45, 7) is 11.5. The molecule has 0 spiro atoms. The molecule has 1 N–H and O–H groups in total. The van der Waals surface area contributed by atoms with Crippen LogP contribution in [0.2, 0.25) is 0 Å². The predicted molar refractivity (Wildman–Crippen MR) is 100 cm³/mol. The minimum absolute atomic E-state index is 0.115. The fourth-order valence-electron chi connectivity index (χ4n) is 2.88. The molecule has 1 heterocycles. The lowest BCUT2D eigenvalue weighted by molar-refractivity contribution is 0.0931. The highest BCUT2D eigenvalue weighted by molar-refractivity contribution is 5.93. The van der Waals surface area contributed by atoms with Crippen molar-refractivity contribution in [3.05, 3.63) is 41.7 Å². The number of amides is 1. The van der Waals surface area contributed by atoms with Gasteiger partial charge in [0, 0.05) is 6.04 Å². The summed E-state index contributed by atoms with van der Waals surface area (Å²) < 4.78 is 1.69. The van der Waals surface area contributed by atoms with Crippen LogP contribution in [0.25, 0.3) is 5.69 Å². The molecule has 1 unspecified atom stereocenters. The molecule has 1 aromatic carbocycles. The lowest BCUT2D eigenvalue weighted by Gasteiger charge is -2.19. The molecule has 0 saturated carbocycles. The third-order valence-corrected chi connectivity index (χ3v) is 4.49. The molecule has 136 valence electrons. The second kappa shape index (κ2) is 9.32. The Balaban J connectivity index is 1.92. The van der Waals surface area contributed by atoms with Crippen LogP contribution >= 0.6 is 0 Å². The van der Waals surface area contributed by atoms with Crippen molar-refractivity contribution in [2.24, 2.45) is 0 Å². The maximum Gasteiger partial charge on any atom is 0.273 e. The van der Waals surface area contributed by atoms with Crippen LogP contribution in [0.1, 0.15) is 49.8 Å². The van der Waals surface area contributed by atoms with Crippen molar-refractivity contribution in [2.45, 2.75) is 46.6 Å². The van der Waals surface area contributed by atoms with Gasteiger partial charge in [-0.05, 0) is 58.5 Å². The molecule has 0 fully saturated rings. The van der Waals surface area contributed by atoms with Gasteiger partial charge in [0.25, 0.3) is 5.91 Å². The molecule has 0 radical (unpaired) electrons. The lowest BCUT2D eigenvalue weighted by atomic mass is 10.1. The molecule has 0 aliphatic carbocycles. The number of benzene rings is 1. The molecule has 2 rings (SSSR count). The van der Waals surface area contributed by atoms with E-state index in [4.69, 9.17) is 0 Å². The minimum atomic E-state index is -0.157. The van der Waals surface area contributed by atoms with Crippen LogP contribution in [0, 0.1) is 6.92 Å². The molecule has 0 saturated heterocycles. The normalized spacial score (nSPS) is 12.4. The topological polar surface area (TPSA) is 63.1 Å². The predicted octanol–water partition coefficient (Wildman–Crippen LogP) is 2.82. The number of para-hydroxylation sites is 1. The molecular weight excluding hydrogens is 314 g/mol. The Morgan fingerprint density at radius 3 is 2.56 bits per heavy atom. The van der Waals surface area contributed by atoms with Crippen LogP contribution in [0.4, 0.5) is 0 Å². The molecule has 0 aliphatic rings. The quantitative estimate of drug-likeness (QED) is 0.760. The summed E-state index contributed by atoms with van der Waals surface area (Å²) in [4.78, 5) is 14.9. The SMILES string of the molecule is CCN(CC)CCCC(C)NC(=O)c1nnn(-c2ccccc2)c1C. The van der Waals surface area contributed by atoms with E-state index in [1.165, 1.54) is 0 Å². The number of nitrogens with one attached hydrogen (secondary N) is 1. The summed E-state index contributed by atoms with van der Waals surface area (Å²) in [7, 11) is 0. The van der Waals surface area contributed by atoms with Gasteiger partial charge in [0.05, 0.1) is 11.4 Å². The highest BCUT2D eigenvalue weighted by Crippen LogP contribution is 2.12. The Hall–Kier alpha value is -2.21. The van der Waals surface area contributed by atoms with Crippen molar-refractivity contribution in [1.29, 1.82) is 0 Å². The van der Waals surface area contributed by atoms with Crippen molar-refractivity contribution >= 4 is 5.91 Å². The van der Waals surface area contributed by atoms with Gasteiger partial charge in [-0.25, -0.2) is 4.68 Å². The Morgan fingerprint density at radius 1 is 1.24 bits per heavy atom. The van der Waals surface area contributed by atoms with Gasteiger partial charge in [-0.3, -0.25) is 4.79 Å². The summed E-state index contributed by atoms with van der Waals surface area (Å²) in [6, 6.07) is 9.83. The second-order valence-corrected chi connectivity index (χ2v) is 6.31. The molecule has 1 aromatic heterocycles. The first-order valence-electron chi connectivity index (χ1n) is 9.07. The maximum atomic E-state index is 12.5. The first kappa shape index (κ1) is 19.1. The van der Waals surface area contributed by atoms with Gasteiger partial charge in [0.2, 0.25) is 0 Å². The molecule has 6 nitrogen and oxygen atoms in total. The number of rotatable bonds is 9. The lowest BCUT2D eigenvalue weighted by Crippen LogP contribution is -2.34. The molecule has 0 bridgehead atoms. The highest BCUT2D eigenvalue weighted by Gasteiger charge is 2.18. The summed E-state index contributed by atoms with van der Waals surface area (Å²) in [5.41, 5.74) is 2.04. The van der Waals surface area contributed by atoms with E-state index in [-0.39, 0.29) is 11.9 Å². The van der Waals surface area contributed by atoms with Gasteiger partial charge in [0.1, 0.15) is 0 Å². The van der Waals surface area contributed by atoms with Gasteiger partial charge in [-0.15, -0.1) is 5.10 Å². The van der Waals surface area contributed by atoms with Gasteiger partial charge in [-0.2, -0.15) is 0 Å². The zero-order valence-corrected chi connectivity index (χ0v) is 15.7. The average molecular weight is 343 g/mol. The minimum Gasteiger partial charge on any atom is -0.348 e. The largest absolute Gasteiger partial charge is 0.348 e. The standard InChI is InChI=1S/C19H29N5O/c1-5-23(6-2)14-10-11-15(3)20-19(25)18-16(4)24(22-21-18)17-12-8-7-9-13-17/h7-9,12-13,15H,5-6,10-11,14H2,1-4H3,(H,20,25). The molecular formula is C19H29N5O. The van der Waals surface area contributed by atoms with E-state index in [1.807, 2.05) is 44.2 Å². The Bertz CT molecular complexity index is 664.